The van der Waals surface area contributed by atoms with Crippen LogP contribution in [0.1, 0.15) is 30.7 Å². The van der Waals surface area contributed by atoms with Gasteiger partial charge in [0, 0.05) is 26.7 Å². The van der Waals surface area contributed by atoms with Gasteiger partial charge in [0.15, 0.2) is 0 Å². The number of allylic oxidation sites excluding steroid dienone is 1. The van der Waals surface area contributed by atoms with Gasteiger partial charge in [-0.2, -0.15) is 0 Å². The van der Waals surface area contributed by atoms with E-state index in [1.807, 2.05) is 48.5 Å². The van der Waals surface area contributed by atoms with Crippen molar-refractivity contribution < 1.29 is 14.3 Å². The summed E-state index contributed by atoms with van der Waals surface area (Å²) in [6.07, 6.45) is 6.29. The van der Waals surface area contributed by atoms with Gasteiger partial charge >= 0.3 is 0 Å². The Labute approximate surface area is 220 Å². The maximum Gasteiger partial charge on any atom is 0.274 e. The Balaban J connectivity index is 1.38. The van der Waals surface area contributed by atoms with Crippen LogP contribution in [0.2, 0.25) is 0 Å². The molecule has 0 bridgehead atoms. The number of benzene rings is 2. The summed E-state index contributed by atoms with van der Waals surface area (Å²) in [7, 11) is 3.36. The molecule has 0 saturated heterocycles. The van der Waals surface area contributed by atoms with Crippen molar-refractivity contribution in [3.63, 3.8) is 0 Å². The average Bonchev–Trinajstić information content (AvgIpc) is 3.33. The molecular weight excluding hydrogens is 482 g/mol. The fourth-order valence-electron chi connectivity index (χ4n) is 3.83. The maximum absolute atomic E-state index is 13.0. The quantitative estimate of drug-likeness (QED) is 0.232. The number of aromatic nitrogens is 3. The lowest BCUT2D eigenvalue weighted by Crippen LogP contribution is -2.26. The van der Waals surface area contributed by atoms with Gasteiger partial charge in [-0.1, -0.05) is 42.5 Å². The number of unbranched alkanes of at least 4 members (excludes halogenated alkanes) is 1. The lowest BCUT2D eigenvalue weighted by atomic mass is 10.2. The summed E-state index contributed by atoms with van der Waals surface area (Å²) in [5, 5.41) is 2.70. The molecule has 0 radical (unpaired) electrons. The van der Waals surface area contributed by atoms with Crippen molar-refractivity contribution >= 4 is 28.5 Å². The lowest BCUT2D eigenvalue weighted by molar-refractivity contribution is -0.123. The number of fused-ring (bicyclic) bond motifs is 1. The minimum absolute atomic E-state index is 0.0975. The van der Waals surface area contributed by atoms with E-state index < -0.39 is 0 Å². The number of likely N-dealkylation sites (N-methyl/N-ethyl adjacent to an activating group) is 1. The molecule has 9 heteroatoms. The molecular formula is C29H31N5O4. The van der Waals surface area contributed by atoms with Gasteiger partial charge in [0.2, 0.25) is 11.8 Å². The normalized spacial score (nSPS) is 11.1. The highest BCUT2D eigenvalue weighted by Crippen LogP contribution is 2.24. The second-order valence-corrected chi connectivity index (χ2v) is 9.04. The highest BCUT2D eigenvalue weighted by atomic mass is 16.5. The Morgan fingerprint density at radius 1 is 1.08 bits per heavy atom. The van der Waals surface area contributed by atoms with Gasteiger partial charge in [-0.15, -0.1) is 0 Å². The predicted octanol–water partition coefficient (Wildman–Crippen LogP) is 4.11. The first kappa shape index (κ1) is 26.4. The standard InChI is InChI=1S/C29H31N5O4/c1-33(2)27(36)17-8-4-7-16-26(35)31-23-14-10-18-34(29(23)37)19-25-30-22-13-9-15-24(28(22)32-25)38-20-21-11-5-3-6-12-21/h3,5-6,8-15,17-18H,4,7,16,19-20H2,1-2H3,(H,30,32)(H,31,35)/b17-8+. The van der Waals surface area contributed by atoms with Crippen molar-refractivity contribution in [2.24, 2.45) is 0 Å². The molecule has 0 atom stereocenters. The Hall–Kier alpha value is -4.66. The van der Waals surface area contributed by atoms with E-state index in [9.17, 15) is 14.4 Å². The maximum atomic E-state index is 13.0. The van der Waals surface area contributed by atoms with Crippen LogP contribution in [0.5, 0.6) is 5.75 Å². The molecule has 0 aliphatic rings. The number of H-pyrrole nitrogens is 1. The zero-order valence-corrected chi connectivity index (χ0v) is 21.5. The van der Waals surface area contributed by atoms with Crippen molar-refractivity contribution in [1.29, 1.82) is 0 Å². The topological polar surface area (TPSA) is 109 Å². The summed E-state index contributed by atoms with van der Waals surface area (Å²) in [5.41, 5.74) is 2.45. The van der Waals surface area contributed by atoms with Crippen molar-refractivity contribution in [3.05, 3.63) is 101 Å². The van der Waals surface area contributed by atoms with Crippen LogP contribution in [0.4, 0.5) is 5.69 Å². The SMILES string of the molecule is CN(C)C(=O)/C=C/CCCC(=O)Nc1cccn(Cc2nc3cccc(OCc4ccccc4)c3[nH]2)c1=O. The second kappa shape index (κ2) is 12.5. The van der Waals surface area contributed by atoms with Gasteiger partial charge in [-0.05, 0) is 48.7 Å². The van der Waals surface area contributed by atoms with Crippen LogP contribution in [-0.2, 0) is 22.7 Å². The molecule has 0 fully saturated rings. The highest BCUT2D eigenvalue weighted by Gasteiger charge is 2.12. The van der Waals surface area contributed by atoms with Gasteiger partial charge in [-0.3, -0.25) is 14.4 Å². The average molecular weight is 514 g/mol. The van der Waals surface area contributed by atoms with Crippen molar-refractivity contribution in [2.45, 2.75) is 32.4 Å². The first-order valence-corrected chi connectivity index (χ1v) is 12.4. The van der Waals surface area contributed by atoms with E-state index in [2.05, 4.69) is 15.3 Å². The zero-order chi connectivity index (χ0) is 26.9. The fraction of sp³-hybridized carbons (Fsp3) is 0.241. The molecule has 38 heavy (non-hydrogen) atoms. The number of hydrogen-bond donors (Lipinski definition) is 2. The smallest absolute Gasteiger partial charge is 0.274 e. The van der Waals surface area contributed by atoms with Crippen molar-refractivity contribution in [3.8, 4) is 5.75 Å². The van der Waals surface area contributed by atoms with E-state index >= 15 is 0 Å². The summed E-state index contributed by atoms with van der Waals surface area (Å²) in [5.74, 6) is 0.926. The third-order valence-corrected chi connectivity index (χ3v) is 5.86. The Morgan fingerprint density at radius 2 is 1.89 bits per heavy atom. The Bertz CT molecular complexity index is 1490. The first-order chi connectivity index (χ1) is 18.4. The molecule has 2 aromatic heterocycles. The van der Waals surface area contributed by atoms with E-state index in [0.29, 0.717) is 31.0 Å². The number of imidazole rings is 1. The minimum atomic E-state index is -0.321. The van der Waals surface area contributed by atoms with E-state index in [0.717, 1.165) is 16.6 Å². The van der Waals surface area contributed by atoms with E-state index in [4.69, 9.17) is 4.74 Å². The Morgan fingerprint density at radius 3 is 2.68 bits per heavy atom. The number of nitrogens with one attached hydrogen (secondary N) is 2. The predicted molar refractivity (Wildman–Crippen MR) is 147 cm³/mol. The number of para-hydroxylation sites is 1. The number of anilines is 1. The van der Waals surface area contributed by atoms with Crippen LogP contribution in [0.15, 0.2) is 83.8 Å². The number of hydrogen-bond acceptors (Lipinski definition) is 5. The molecule has 2 amide bonds. The molecule has 196 valence electrons. The second-order valence-electron chi connectivity index (χ2n) is 9.04. The number of carbonyl (C=O) groups is 2. The zero-order valence-electron chi connectivity index (χ0n) is 21.5. The highest BCUT2D eigenvalue weighted by molar-refractivity contribution is 5.90. The third-order valence-electron chi connectivity index (χ3n) is 5.86. The number of amides is 2. The molecule has 2 N–H and O–H groups in total. The molecule has 0 aliphatic heterocycles. The number of rotatable bonds is 11. The number of pyridine rings is 1. The van der Waals surface area contributed by atoms with Crippen LogP contribution >= 0.6 is 0 Å². The molecule has 4 aromatic rings. The molecule has 0 unspecified atom stereocenters. The van der Waals surface area contributed by atoms with Crippen LogP contribution in [0.25, 0.3) is 11.0 Å². The first-order valence-electron chi connectivity index (χ1n) is 12.4. The third kappa shape index (κ3) is 6.97. The minimum Gasteiger partial charge on any atom is -0.487 e. The fourth-order valence-corrected chi connectivity index (χ4v) is 3.83. The number of carbonyl (C=O) groups excluding carboxylic acids is 2. The van der Waals surface area contributed by atoms with Gasteiger partial charge in [0.05, 0.1) is 12.1 Å². The van der Waals surface area contributed by atoms with Gasteiger partial charge < -0.3 is 24.5 Å². The summed E-state index contributed by atoms with van der Waals surface area (Å²) >= 11 is 0. The monoisotopic (exact) mass is 513 g/mol. The molecule has 2 aromatic carbocycles. The summed E-state index contributed by atoms with van der Waals surface area (Å²) in [4.78, 5) is 46.3. The van der Waals surface area contributed by atoms with Crippen molar-refractivity contribution in [1.82, 2.24) is 19.4 Å². The lowest BCUT2D eigenvalue weighted by Gasteiger charge is -2.08. The molecule has 0 aliphatic carbocycles. The van der Waals surface area contributed by atoms with E-state index in [-0.39, 0.29) is 36.0 Å². The van der Waals surface area contributed by atoms with Gasteiger partial charge in [0.25, 0.3) is 5.56 Å². The molecule has 2 heterocycles. The van der Waals surface area contributed by atoms with Crippen LogP contribution in [0, 0.1) is 0 Å². The van der Waals surface area contributed by atoms with Crippen LogP contribution in [0.3, 0.4) is 0 Å². The van der Waals surface area contributed by atoms with Crippen molar-refractivity contribution in [2.75, 3.05) is 19.4 Å². The van der Waals surface area contributed by atoms with E-state index in [1.165, 1.54) is 15.5 Å². The molecule has 9 nitrogen and oxygen atoms in total. The molecule has 4 rings (SSSR count). The summed E-state index contributed by atoms with van der Waals surface area (Å²) in [6, 6.07) is 18.8. The van der Waals surface area contributed by atoms with E-state index in [1.54, 1.807) is 38.5 Å². The number of nitrogens with zero attached hydrogens (tertiary/aromatic N) is 3. The van der Waals surface area contributed by atoms with Crippen LogP contribution in [-0.4, -0.2) is 45.3 Å². The molecule has 0 saturated carbocycles. The van der Waals surface area contributed by atoms with Gasteiger partial charge in [0.1, 0.15) is 29.4 Å². The molecule has 0 spiro atoms. The largest absolute Gasteiger partial charge is 0.487 e. The summed E-state index contributed by atoms with van der Waals surface area (Å²) < 4.78 is 7.51. The summed E-state index contributed by atoms with van der Waals surface area (Å²) in [6.45, 7) is 0.639. The van der Waals surface area contributed by atoms with Crippen LogP contribution < -0.4 is 15.6 Å². The number of ether oxygens (including phenoxy) is 1. The number of aromatic amines is 1. The Kier molecular flexibility index (Phi) is 8.71. The van der Waals surface area contributed by atoms with Gasteiger partial charge in [-0.25, -0.2) is 4.98 Å².